The van der Waals surface area contributed by atoms with Gasteiger partial charge in [0.2, 0.25) is 5.28 Å². The molecule has 0 amide bonds. The number of benzene rings is 1. The number of nitrogens with zero attached hydrogens (tertiary/aromatic N) is 3. The Labute approximate surface area is 129 Å². The van der Waals surface area contributed by atoms with E-state index >= 15 is 0 Å². The van der Waals surface area contributed by atoms with Gasteiger partial charge in [-0.3, -0.25) is 0 Å². The minimum Gasteiger partial charge on any atom is -0.375 e. The first-order chi connectivity index (χ1) is 9.63. The maximum absolute atomic E-state index is 5.90. The standard InChI is InChI=1S/C13H8Cl2N4S/c14-8-3-1-7(2-4-8)10-11(20-13(16)19-10)9-5-6-17-12(15)18-9/h1-6H,(H2,16,19). The number of anilines is 1. The molecule has 2 aromatic heterocycles. The van der Waals surface area contributed by atoms with Gasteiger partial charge in [0.05, 0.1) is 16.3 Å². The Morgan fingerprint density at radius 1 is 1.00 bits per heavy atom. The summed E-state index contributed by atoms with van der Waals surface area (Å²) in [5.74, 6) is 0. The molecule has 7 heteroatoms. The van der Waals surface area contributed by atoms with Gasteiger partial charge in [-0.25, -0.2) is 15.0 Å². The van der Waals surface area contributed by atoms with Crippen LogP contribution in [0.25, 0.3) is 21.8 Å². The zero-order valence-electron chi connectivity index (χ0n) is 10.0. The second-order valence-corrected chi connectivity index (χ2v) is 5.75. The molecule has 2 N–H and O–H groups in total. The number of hydrogen-bond acceptors (Lipinski definition) is 5. The zero-order valence-corrected chi connectivity index (χ0v) is 12.4. The van der Waals surface area contributed by atoms with Crippen LogP contribution in [-0.2, 0) is 0 Å². The summed E-state index contributed by atoms with van der Waals surface area (Å²) < 4.78 is 0. The van der Waals surface area contributed by atoms with Crippen molar-refractivity contribution in [1.29, 1.82) is 0 Å². The van der Waals surface area contributed by atoms with Gasteiger partial charge in [0, 0.05) is 16.8 Å². The zero-order chi connectivity index (χ0) is 14.1. The van der Waals surface area contributed by atoms with Crippen LogP contribution in [0.3, 0.4) is 0 Å². The SMILES string of the molecule is Nc1nc(-c2ccc(Cl)cc2)c(-c2ccnc(Cl)n2)s1. The molecule has 3 rings (SSSR count). The van der Waals surface area contributed by atoms with E-state index in [1.54, 1.807) is 12.3 Å². The van der Waals surface area contributed by atoms with Crippen molar-refractivity contribution in [3.8, 4) is 21.8 Å². The molecule has 0 saturated heterocycles. The van der Waals surface area contributed by atoms with E-state index in [2.05, 4.69) is 15.0 Å². The molecule has 20 heavy (non-hydrogen) atoms. The van der Waals surface area contributed by atoms with Gasteiger partial charge in [0.1, 0.15) is 0 Å². The van der Waals surface area contributed by atoms with Gasteiger partial charge in [-0.2, -0.15) is 0 Å². The molecular formula is C13H8Cl2N4S. The fourth-order valence-corrected chi connectivity index (χ4v) is 2.87. The van der Waals surface area contributed by atoms with Gasteiger partial charge in [-0.05, 0) is 29.8 Å². The van der Waals surface area contributed by atoms with Crippen molar-refractivity contribution in [3.63, 3.8) is 0 Å². The van der Waals surface area contributed by atoms with Crippen LogP contribution in [0.15, 0.2) is 36.5 Å². The molecule has 0 aliphatic rings. The number of aromatic nitrogens is 3. The average Bonchev–Trinajstić information content (AvgIpc) is 2.82. The second-order valence-electron chi connectivity index (χ2n) is 3.95. The normalized spacial score (nSPS) is 10.7. The van der Waals surface area contributed by atoms with Crippen LogP contribution in [0.4, 0.5) is 5.13 Å². The molecule has 0 atom stereocenters. The molecule has 0 spiro atoms. The largest absolute Gasteiger partial charge is 0.375 e. The monoisotopic (exact) mass is 322 g/mol. The molecule has 2 heterocycles. The maximum atomic E-state index is 5.90. The van der Waals surface area contributed by atoms with Crippen LogP contribution < -0.4 is 5.73 Å². The Bertz CT molecular complexity index is 755. The molecular weight excluding hydrogens is 315 g/mol. The van der Waals surface area contributed by atoms with Gasteiger partial charge in [0.25, 0.3) is 0 Å². The van der Waals surface area contributed by atoms with Gasteiger partial charge in [-0.1, -0.05) is 35.1 Å². The third-order valence-corrected chi connectivity index (χ3v) is 3.96. The van der Waals surface area contributed by atoms with Crippen molar-refractivity contribution < 1.29 is 0 Å². The second kappa shape index (κ2) is 5.36. The van der Waals surface area contributed by atoms with Crippen molar-refractivity contribution in [3.05, 3.63) is 46.8 Å². The van der Waals surface area contributed by atoms with E-state index in [1.165, 1.54) is 11.3 Å². The summed E-state index contributed by atoms with van der Waals surface area (Å²) in [4.78, 5) is 13.3. The quantitative estimate of drug-likeness (QED) is 0.719. The fourth-order valence-electron chi connectivity index (χ4n) is 1.78. The van der Waals surface area contributed by atoms with E-state index in [4.69, 9.17) is 28.9 Å². The number of halogens is 2. The summed E-state index contributed by atoms with van der Waals surface area (Å²) in [7, 11) is 0. The van der Waals surface area contributed by atoms with Crippen molar-refractivity contribution in [2.75, 3.05) is 5.73 Å². The summed E-state index contributed by atoms with van der Waals surface area (Å²) in [6.07, 6.45) is 1.60. The molecule has 0 saturated carbocycles. The fraction of sp³-hybridized carbons (Fsp3) is 0. The first kappa shape index (κ1) is 13.3. The van der Waals surface area contributed by atoms with E-state index in [-0.39, 0.29) is 5.28 Å². The highest BCUT2D eigenvalue weighted by atomic mass is 35.5. The Kier molecular flexibility index (Phi) is 3.56. The summed E-state index contributed by atoms with van der Waals surface area (Å²) in [5, 5.41) is 1.33. The maximum Gasteiger partial charge on any atom is 0.222 e. The predicted octanol–water partition coefficient (Wildman–Crippen LogP) is 4.16. The number of nitrogen functional groups attached to an aromatic ring is 1. The van der Waals surface area contributed by atoms with Crippen molar-refractivity contribution in [1.82, 2.24) is 15.0 Å². The highest BCUT2D eigenvalue weighted by Crippen LogP contribution is 2.37. The van der Waals surface area contributed by atoms with Crippen molar-refractivity contribution in [2.24, 2.45) is 0 Å². The van der Waals surface area contributed by atoms with E-state index in [0.717, 1.165) is 16.1 Å². The van der Waals surface area contributed by atoms with Crippen LogP contribution >= 0.6 is 34.5 Å². The third-order valence-electron chi connectivity index (χ3n) is 2.62. The number of thiazole rings is 1. The smallest absolute Gasteiger partial charge is 0.222 e. The van der Waals surface area contributed by atoms with Gasteiger partial charge < -0.3 is 5.73 Å². The van der Waals surface area contributed by atoms with Crippen LogP contribution in [0.2, 0.25) is 10.3 Å². The van der Waals surface area contributed by atoms with Crippen LogP contribution in [0.1, 0.15) is 0 Å². The highest BCUT2D eigenvalue weighted by Gasteiger charge is 2.15. The first-order valence-corrected chi connectivity index (χ1v) is 7.22. The lowest BCUT2D eigenvalue weighted by molar-refractivity contribution is 1.18. The summed E-state index contributed by atoms with van der Waals surface area (Å²) in [6, 6.07) is 9.18. The van der Waals surface area contributed by atoms with E-state index in [0.29, 0.717) is 15.8 Å². The van der Waals surface area contributed by atoms with E-state index < -0.39 is 0 Å². The van der Waals surface area contributed by atoms with Gasteiger partial charge >= 0.3 is 0 Å². The number of nitrogens with two attached hydrogens (primary N) is 1. The molecule has 0 radical (unpaired) electrons. The number of hydrogen-bond donors (Lipinski definition) is 1. The molecule has 1 aromatic carbocycles. The molecule has 0 aliphatic heterocycles. The predicted molar refractivity (Wildman–Crippen MR) is 83.0 cm³/mol. The first-order valence-electron chi connectivity index (χ1n) is 5.64. The Morgan fingerprint density at radius 2 is 1.75 bits per heavy atom. The van der Waals surface area contributed by atoms with Crippen LogP contribution in [-0.4, -0.2) is 15.0 Å². The molecule has 3 aromatic rings. The molecule has 0 fully saturated rings. The van der Waals surface area contributed by atoms with Crippen molar-refractivity contribution in [2.45, 2.75) is 0 Å². The topological polar surface area (TPSA) is 64.7 Å². The molecule has 0 aliphatic carbocycles. The van der Waals surface area contributed by atoms with E-state index in [1.807, 2.05) is 24.3 Å². The van der Waals surface area contributed by atoms with Crippen LogP contribution in [0.5, 0.6) is 0 Å². The molecule has 0 bridgehead atoms. The minimum atomic E-state index is 0.191. The molecule has 100 valence electrons. The Hall–Kier alpha value is -1.69. The van der Waals surface area contributed by atoms with Crippen molar-refractivity contribution >= 4 is 39.7 Å². The lowest BCUT2D eigenvalue weighted by Gasteiger charge is -2.02. The van der Waals surface area contributed by atoms with Gasteiger partial charge in [0.15, 0.2) is 5.13 Å². The minimum absolute atomic E-state index is 0.191. The van der Waals surface area contributed by atoms with Gasteiger partial charge in [-0.15, -0.1) is 0 Å². The average molecular weight is 323 g/mol. The lowest BCUT2D eigenvalue weighted by atomic mass is 10.1. The Balaban J connectivity index is 2.15. The van der Waals surface area contributed by atoms with Crippen LogP contribution in [0, 0.1) is 0 Å². The Morgan fingerprint density at radius 3 is 2.45 bits per heavy atom. The molecule has 4 nitrogen and oxygen atoms in total. The third kappa shape index (κ3) is 2.60. The highest BCUT2D eigenvalue weighted by molar-refractivity contribution is 7.19. The summed E-state index contributed by atoms with van der Waals surface area (Å²) in [5.41, 5.74) is 8.21. The van der Waals surface area contributed by atoms with E-state index in [9.17, 15) is 0 Å². The molecule has 0 unspecified atom stereocenters. The summed E-state index contributed by atoms with van der Waals surface area (Å²) in [6.45, 7) is 0. The summed E-state index contributed by atoms with van der Waals surface area (Å²) >= 11 is 13.1. The number of rotatable bonds is 2. The lowest BCUT2D eigenvalue weighted by Crippen LogP contribution is -1.87.